The Labute approximate surface area is 96.1 Å². The third-order valence-electron chi connectivity index (χ3n) is 2.30. The highest BCUT2D eigenvalue weighted by atomic mass is 16.5. The summed E-state index contributed by atoms with van der Waals surface area (Å²) >= 11 is 0. The summed E-state index contributed by atoms with van der Waals surface area (Å²) in [6.07, 6.45) is 0.0288. The smallest absolute Gasteiger partial charge is 0.306 e. The fraction of sp³-hybridized carbons (Fsp3) is 0.462. The molecular formula is C13H18O3. The fourth-order valence-electron chi connectivity index (χ4n) is 1.31. The molecule has 0 saturated carbocycles. The van der Waals surface area contributed by atoms with E-state index < -0.39 is 5.97 Å². The summed E-state index contributed by atoms with van der Waals surface area (Å²) in [6.45, 7) is 6.65. The Balaban J connectivity index is 2.55. The summed E-state index contributed by atoms with van der Waals surface area (Å²) in [5.41, 5.74) is 1.36. The number of hydrogen-bond donors (Lipinski definition) is 1. The van der Waals surface area contributed by atoms with E-state index in [2.05, 4.69) is 20.8 Å². The zero-order valence-corrected chi connectivity index (χ0v) is 9.99. The van der Waals surface area contributed by atoms with Crippen LogP contribution in [0.1, 0.15) is 32.8 Å². The number of carboxylic acids is 1. The summed E-state index contributed by atoms with van der Waals surface area (Å²) in [6, 6.07) is 7.77. The van der Waals surface area contributed by atoms with Crippen LogP contribution in [0, 0.1) is 0 Å². The molecule has 0 bridgehead atoms. The molecule has 0 aliphatic heterocycles. The van der Waals surface area contributed by atoms with Gasteiger partial charge in [0.25, 0.3) is 0 Å². The second-order valence-corrected chi connectivity index (χ2v) is 4.77. The minimum absolute atomic E-state index is 0.0288. The van der Waals surface area contributed by atoms with Crippen LogP contribution in [0.3, 0.4) is 0 Å². The van der Waals surface area contributed by atoms with E-state index in [0.29, 0.717) is 5.75 Å². The molecule has 88 valence electrons. The molecule has 0 aliphatic rings. The molecule has 0 atom stereocenters. The van der Waals surface area contributed by atoms with E-state index in [1.165, 1.54) is 5.56 Å². The van der Waals surface area contributed by atoms with Gasteiger partial charge in [0, 0.05) is 0 Å². The molecule has 1 aromatic rings. The van der Waals surface area contributed by atoms with Gasteiger partial charge < -0.3 is 9.84 Å². The zero-order valence-electron chi connectivity index (χ0n) is 9.99. The molecule has 1 N–H and O–H groups in total. The molecule has 1 aromatic carbocycles. The molecule has 16 heavy (non-hydrogen) atoms. The van der Waals surface area contributed by atoms with Crippen LogP contribution in [0.25, 0.3) is 0 Å². The van der Waals surface area contributed by atoms with Gasteiger partial charge in [0.05, 0.1) is 13.0 Å². The Morgan fingerprint density at radius 3 is 2.25 bits per heavy atom. The maximum Gasteiger partial charge on any atom is 0.306 e. The Hall–Kier alpha value is -1.51. The minimum atomic E-state index is -0.841. The fourth-order valence-corrected chi connectivity index (χ4v) is 1.31. The lowest BCUT2D eigenvalue weighted by molar-refractivity contribution is -0.137. The first kappa shape index (κ1) is 12.6. The van der Waals surface area contributed by atoms with Crippen molar-refractivity contribution in [1.29, 1.82) is 0 Å². The predicted molar refractivity (Wildman–Crippen MR) is 62.9 cm³/mol. The monoisotopic (exact) mass is 222 g/mol. The number of rotatable bonds is 4. The maximum absolute atomic E-state index is 10.3. The van der Waals surface area contributed by atoms with Gasteiger partial charge in [-0.25, -0.2) is 0 Å². The van der Waals surface area contributed by atoms with Crippen LogP contribution in [-0.4, -0.2) is 17.7 Å². The van der Waals surface area contributed by atoms with Crippen molar-refractivity contribution < 1.29 is 14.6 Å². The predicted octanol–water partition coefficient (Wildman–Crippen LogP) is 2.84. The van der Waals surface area contributed by atoms with Gasteiger partial charge in [-0.05, 0) is 23.1 Å². The molecule has 3 nitrogen and oxygen atoms in total. The molecule has 0 saturated heterocycles. The molecular weight excluding hydrogens is 204 g/mol. The average molecular weight is 222 g/mol. The van der Waals surface area contributed by atoms with E-state index in [1.807, 2.05) is 24.3 Å². The number of ether oxygens (including phenoxy) is 1. The van der Waals surface area contributed by atoms with Gasteiger partial charge in [0.15, 0.2) is 0 Å². The van der Waals surface area contributed by atoms with E-state index in [-0.39, 0.29) is 18.4 Å². The van der Waals surface area contributed by atoms with Crippen molar-refractivity contribution in [1.82, 2.24) is 0 Å². The van der Waals surface area contributed by atoms with Crippen molar-refractivity contribution in [3.8, 4) is 5.75 Å². The number of benzene rings is 1. The van der Waals surface area contributed by atoms with Gasteiger partial charge >= 0.3 is 5.97 Å². The van der Waals surface area contributed by atoms with Gasteiger partial charge in [-0.15, -0.1) is 0 Å². The second kappa shape index (κ2) is 5.01. The number of carboxylic acid groups (broad SMARTS) is 1. The highest BCUT2D eigenvalue weighted by Gasteiger charge is 2.12. The Morgan fingerprint density at radius 2 is 1.81 bits per heavy atom. The SMILES string of the molecule is CC(C)(C)c1ccc(OCCC(=O)O)cc1. The molecule has 3 heteroatoms. The Bertz CT molecular complexity index is 346. The molecule has 0 aliphatic carbocycles. The lowest BCUT2D eigenvalue weighted by Gasteiger charge is -2.19. The highest BCUT2D eigenvalue weighted by Crippen LogP contribution is 2.24. The van der Waals surface area contributed by atoms with Crippen molar-refractivity contribution in [3.63, 3.8) is 0 Å². The van der Waals surface area contributed by atoms with Crippen molar-refractivity contribution >= 4 is 5.97 Å². The molecule has 0 radical (unpaired) electrons. The van der Waals surface area contributed by atoms with E-state index in [0.717, 1.165) is 0 Å². The molecule has 0 spiro atoms. The molecule has 1 rings (SSSR count). The van der Waals surface area contributed by atoms with E-state index in [4.69, 9.17) is 9.84 Å². The quantitative estimate of drug-likeness (QED) is 0.852. The zero-order chi connectivity index (χ0) is 12.2. The molecule has 0 unspecified atom stereocenters. The van der Waals surface area contributed by atoms with Crippen molar-refractivity contribution in [2.75, 3.05) is 6.61 Å². The summed E-state index contributed by atoms with van der Waals surface area (Å²) in [7, 11) is 0. The van der Waals surface area contributed by atoms with Gasteiger partial charge in [0.1, 0.15) is 5.75 Å². The topological polar surface area (TPSA) is 46.5 Å². The van der Waals surface area contributed by atoms with Crippen LogP contribution in [0.15, 0.2) is 24.3 Å². The lowest BCUT2D eigenvalue weighted by atomic mass is 9.87. The molecule has 0 fully saturated rings. The first-order valence-corrected chi connectivity index (χ1v) is 5.35. The van der Waals surface area contributed by atoms with Crippen molar-refractivity contribution in [2.24, 2.45) is 0 Å². The normalized spacial score (nSPS) is 11.2. The molecule has 0 heterocycles. The Morgan fingerprint density at radius 1 is 1.25 bits per heavy atom. The third-order valence-corrected chi connectivity index (χ3v) is 2.30. The van der Waals surface area contributed by atoms with E-state index in [1.54, 1.807) is 0 Å². The first-order chi connectivity index (χ1) is 7.39. The number of aliphatic carboxylic acids is 1. The van der Waals surface area contributed by atoms with Crippen LogP contribution < -0.4 is 4.74 Å². The molecule has 0 aromatic heterocycles. The molecule has 0 amide bonds. The van der Waals surface area contributed by atoms with E-state index >= 15 is 0 Å². The largest absolute Gasteiger partial charge is 0.493 e. The van der Waals surface area contributed by atoms with Crippen LogP contribution in [0.2, 0.25) is 0 Å². The Kier molecular flexibility index (Phi) is 3.93. The van der Waals surface area contributed by atoms with Gasteiger partial charge in [-0.3, -0.25) is 4.79 Å². The first-order valence-electron chi connectivity index (χ1n) is 5.35. The maximum atomic E-state index is 10.3. The van der Waals surface area contributed by atoms with Gasteiger partial charge in [-0.2, -0.15) is 0 Å². The summed E-state index contributed by atoms with van der Waals surface area (Å²) in [5.74, 6) is -0.124. The summed E-state index contributed by atoms with van der Waals surface area (Å²) in [5, 5.41) is 8.46. The van der Waals surface area contributed by atoms with Crippen LogP contribution >= 0.6 is 0 Å². The van der Waals surface area contributed by atoms with Crippen molar-refractivity contribution in [3.05, 3.63) is 29.8 Å². The van der Waals surface area contributed by atoms with E-state index in [9.17, 15) is 4.79 Å². The van der Waals surface area contributed by atoms with Crippen molar-refractivity contribution in [2.45, 2.75) is 32.6 Å². The van der Waals surface area contributed by atoms with Gasteiger partial charge in [-0.1, -0.05) is 32.9 Å². The third kappa shape index (κ3) is 3.93. The van der Waals surface area contributed by atoms with Crippen LogP contribution in [0.4, 0.5) is 0 Å². The van der Waals surface area contributed by atoms with Crippen LogP contribution in [0.5, 0.6) is 5.75 Å². The summed E-state index contributed by atoms with van der Waals surface area (Å²) < 4.78 is 5.30. The summed E-state index contributed by atoms with van der Waals surface area (Å²) in [4.78, 5) is 10.3. The van der Waals surface area contributed by atoms with Crippen LogP contribution in [-0.2, 0) is 10.2 Å². The number of hydrogen-bond acceptors (Lipinski definition) is 2. The lowest BCUT2D eigenvalue weighted by Crippen LogP contribution is -2.10. The number of carbonyl (C=O) groups is 1. The standard InChI is InChI=1S/C13H18O3/c1-13(2,3)10-4-6-11(7-5-10)16-9-8-12(14)15/h4-7H,8-9H2,1-3H3,(H,14,15). The average Bonchev–Trinajstić information content (AvgIpc) is 2.16. The van der Waals surface area contributed by atoms with Gasteiger partial charge in [0.2, 0.25) is 0 Å². The highest BCUT2D eigenvalue weighted by molar-refractivity contribution is 5.66. The second-order valence-electron chi connectivity index (χ2n) is 4.77. The minimum Gasteiger partial charge on any atom is -0.493 e.